The molecule has 3 N–H and O–H groups in total. The molecular weight excluding hydrogens is 328 g/mol. The number of hydrogen-bond donors (Lipinski definition) is 2. The lowest BCUT2D eigenvalue weighted by atomic mass is 9.93. The Hall–Kier alpha value is -1.15. The van der Waals surface area contributed by atoms with Crippen molar-refractivity contribution in [1.29, 1.82) is 0 Å². The number of benzene rings is 1. The fourth-order valence-electron chi connectivity index (χ4n) is 2.53. The topological polar surface area (TPSA) is 98.5 Å². The van der Waals surface area contributed by atoms with Gasteiger partial charge in [-0.05, 0) is 43.9 Å². The number of rotatable bonds is 4. The van der Waals surface area contributed by atoms with Gasteiger partial charge in [-0.1, -0.05) is 11.6 Å². The minimum absolute atomic E-state index is 0.0741. The molecule has 0 atom stereocenters. The van der Waals surface area contributed by atoms with E-state index in [2.05, 4.69) is 9.46 Å². The number of carbonyl (C=O) groups is 1. The Bertz CT molecular complexity index is 655. The van der Waals surface area contributed by atoms with E-state index in [1.165, 1.54) is 25.3 Å². The van der Waals surface area contributed by atoms with E-state index in [9.17, 15) is 13.2 Å². The van der Waals surface area contributed by atoms with Crippen LogP contribution in [0.25, 0.3) is 0 Å². The molecule has 0 saturated heterocycles. The van der Waals surface area contributed by atoms with E-state index in [1.807, 2.05) is 0 Å². The normalized spacial score (nSPS) is 22.3. The van der Waals surface area contributed by atoms with E-state index in [0.717, 1.165) is 12.8 Å². The monoisotopic (exact) mass is 346 g/mol. The minimum atomic E-state index is -3.83. The lowest BCUT2D eigenvalue weighted by molar-refractivity contribution is 0.0596. The maximum absolute atomic E-state index is 12.5. The molecule has 0 aromatic heterocycles. The Kier molecular flexibility index (Phi) is 5.44. The number of halogens is 1. The smallest absolute Gasteiger partial charge is 0.339 e. The summed E-state index contributed by atoms with van der Waals surface area (Å²) >= 11 is 5.84. The molecule has 0 amide bonds. The Balaban J connectivity index is 2.27. The molecule has 6 nitrogen and oxygen atoms in total. The van der Waals surface area contributed by atoms with Gasteiger partial charge in [0.1, 0.15) is 0 Å². The molecule has 1 aliphatic carbocycles. The lowest BCUT2D eigenvalue weighted by Crippen LogP contribution is -2.40. The number of ether oxygens (including phenoxy) is 1. The largest absolute Gasteiger partial charge is 0.465 e. The second-order valence-corrected chi connectivity index (χ2v) is 7.48. The lowest BCUT2D eigenvalue weighted by Gasteiger charge is -2.26. The van der Waals surface area contributed by atoms with Crippen molar-refractivity contribution in [2.45, 2.75) is 42.7 Å². The quantitative estimate of drug-likeness (QED) is 0.808. The van der Waals surface area contributed by atoms with Crippen LogP contribution in [0, 0.1) is 0 Å². The predicted octanol–water partition coefficient (Wildman–Crippen LogP) is 1.67. The summed E-state index contributed by atoms with van der Waals surface area (Å²) in [6.45, 7) is 0. The van der Waals surface area contributed by atoms with Crippen LogP contribution in [0.1, 0.15) is 36.0 Å². The highest BCUT2D eigenvalue weighted by Crippen LogP contribution is 2.24. The number of esters is 1. The Morgan fingerprint density at radius 1 is 1.32 bits per heavy atom. The molecular formula is C14H19ClN2O4S. The van der Waals surface area contributed by atoms with Crippen LogP contribution < -0.4 is 10.5 Å². The number of carbonyl (C=O) groups excluding carboxylic acids is 1. The van der Waals surface area contributed by atoms with Gasteiger partial charge in [-0.15, -0.1) is 0 Å². The summed E-state index contributed by atoms with van der Waals surface area (Å²) in [6, 6.07) is 3.98. The van der Waals surface area contributed by atoms with Crippen molar-refractivity contribution in [1.82, 2.24) is 4.72 Å². The van der Waals surface area contributed by atoms with E-state index in [-0.39, 0.29) is 27.6 Å². The molecule has 0 heterocycles. The van der Waals surface area contributed by atoms with Crippen molar-refractivity contribution < 1.29 is 17.9 Å². The first-order valence-electron chi connectivity index (χ1n) is 6.99. The molecule has 1 aliphatic rings. The highest BCUT2D eigenvalue weighted by atomic mass is 35.5. The molecule has 1 saturated carbocycles. The summed E-state index contributed by atoms with van der Waals surface area (Å²) < 4.78 is 32.3. The third-order valence-electron chi connectivity index (χ3n) is 3.73. The van der Waals surface area contributed by atoms with Crippen molar-refractivity contribution >= 4 is 27.6 Å². The third-order valence-corrected chi connectivity index (χ3v) is 5.54. The number of sulfonamides is 1. The van der Waals surface area contributed by atoms with Crippen molar-refractivity contribution in [2.24, 2.45) is 5.73 Å². The zero-order valence-electron chi connectivity index (χ0n) is 12.2. The average molecular weight is 347 g/mol. The molecule has 1 aromatic carbocycles. The highest BCUT2D eigenvalue weighted by Gasteiger charge is 2.28. The Labute approximate surface area is 135 Å². The van der Waals surface area contributed by atoms with Crippen LogP contribution in [-0.2, 0) is 14.8 Å². The van der Waals surface area contributed by atoms with E-state index in [4.69, 9.17) is 17.3 Å². The van der Waals surface area contributed by atoms with Crippen LogP contribution in [0.3, 0.4) is 0 Å². The van der Waals surface area contributed by atoms with Gasteiger partial charge < -0.3 is 10.5 Å². The van der Waals surface area contributed by atoms with Crippen LogP contribution in [0.15, 0.2) is 23.1 Å². The number of nitrogens with two attached hydrogens (primary N) is 1. The van der Waals surface area contributed by atoms with Gasteiger partial charge in [0, 0.05) is 17.1 Å². The molecule has 0 bridgehead atoms. The molecule has 0 unspecified atom stereocenters. The Morgan fingerprint density at radius 3 is 2.55 bits per heavy atom. The van der Waals surface area contributed by atoms with Gasteiger partial charge in [-0.3, -0.25) is 0 Å². The van der Waals surface area contributed by atoms with Gasteiger partial charge >= 0.3 is 5.97 Å². The molecule has 8 heteroatoms. The maximum Gasteiger partial charge on any atom is 0.339 e. The first kappa shape index (κ1) is 17.2. The zero-order valence-corrected chi connectivity index (χ0v) is 13.8. The zero-order chi connectivity index (χ0) is 16.3. The van der Waals surface area contributed by atoms with Crippen LogP contribution in [0.4, 0.5) is 0 Å². The van der Waals surface area contributed by atoms with Crippen LogP contribution >= 0.6 is 11.6 Å². The van der Waals surface area contributed by atoms with Crippen molar-refractivity contribution in [2.75, 3.05) is 7.11 Å². The van der Waals surface area contributed by atoms with Gasteiger partial charge in [0.05, 0.1) is 17.6 Å². The second kappa shape index (κ2) is 6.95. The molecule has 1 fully saturated rings. The van der Waals surface area contributed by atoms with E-state index < -0.39 is 16.0 Å². The van der Waals surface area contributed by atoms with Crippen LogP contribution in [-0.4, -0.2) is 33.6 Å². The van der Waals surface area contributed by atoms with E-state index in [0.29, 0.717) is 12.8 Å². The number of methoxy groups -OCH3 is 1. The van der Waals surface area contributed by atoms with Crippen LogP contribution in [0.5, 0.6) is 0 Å². The van der Waals surface area contributed by atoms with Gasteiger partial charge in [0.25, 0.3) is 0 Å². The van der Waals surface area contributed by atoms with Gasteiger partial charge in [-0.25, -0.2) is 17.9 Å². The van der Waals surface area contributed by atoms with Crippen molar-refractivity contribution in [3.63, 3.8) is 0 Å². The maximum atomic E-state index is 12.5. The molecule has 0 spiro atoms. The van der Waals surface area contributed by atoms with Crippen LogP contribution in [0.2, 0.25) is 5.02 Å². The molecule has 2 rings (SSSR count). The summed E-state index contributed by atoms with van der Waals surface area (Å²) in [4.78, 5) is 11.7. The van der Waals surface area contributed by atoms with Gasteiger partial charge in [0.15, 0.2) is 0 Å². The van der Waals surface area contributed by atoms with Crippen molar-refractivity contribution in [3.05, 3.63) is 28.8 Å². The average Bonchev–Trinajstić information content (AvgIpc) is 2.48. The minimum Gasteiger partial charge on any atom is -0.465 e. The standard InChI is InChI=1S/C14H19ClN2O4S/c1-21-14(18)12-8-9(15)2-7-13(12)22(19,20)17-11-5-3-10(16)4-6-11/h2,7-8,10-11,17H,3-6,16H2,1H3. The molecule has 0 radical (unpaired) electrons. The summed E-state index contributed by atoms with van der Waals surface area (Å²) in [5.74, 6) is -0.742. The fourth-order valence-corrected chi connectivity index (χ4v) is 4.18. The van der Waals surface area contributed by atoms with Crippen molar-refractivity contribution in [3.8, 4) is 0 Å². The highest BCUT2D eigenvalue weighted by molar-refractivity contribution is 7.89. The molecule has 1 aromatic rings. The first-order valence-corrected chi connectivity index (χ1v) is 8.85. The molecule has 122 valence electrons. The summed E-state index contributed by atoms with van der Waals surface area (Å²) in [6.07, 6.45) is 2.92. The predicted molar refractivity (Wildman–Crippen MR) is 83.3 cm³/mol. The summed E-state index contributed by atoms with van der Waals surface area (Å²) in [5, 5.41) is 0.267. The molecule has 0 aliphatic heterocycles. The Morgan fingerprint density at radius 2 is 1.95 bits per heavy atom. The summed E-state index contributed by atoms with van der Waals surface area (Å²) in [7, 11) is -2.64. The van der Waals surface area contributed by atoms with Gasteiger partial charge in [-0.2, -0.15) is 0 Å². The van der Waals surface area contributed by atoms with E-state index >= 15 is 0 Å². The molecule has 22 heavy (non-hydrogen) atoms. The van der Waals surface area contributed by atoms with E-state index in [1.54, 1.807) is 0 Å². The SMILES string of the molecule is COC(=O)c1cc(Cl)ccc1S(=O)(=O)NC1CCC(N)CC1. The summed E-state index contributed by atoms with van der Waals surface area (Å²) in [5.41, 5.74) is 5.74. The third kappa shape index (κ3) is 3.98. The number of hydrogen-bond acceptors (Lipinski definition) is 5. The number of nitrogens with one attached hydrogen (secondary N) is 1. The first-order chi connectivity index (χ1) is 10.3. The van der Waals surface area contributed by atoms with Gasteiger partial charge in [0.2, 0.25) is 10.0 Å². The second-order valence-electron chi connectivity index (χ2n) is 5.37. The fraction of sp³-hybridized carbons (Fsp3) is 0.500.